The molecule has 0 aromatic heterocycles. The Labute approximate surface area is 107 Å². The van der Waals surface area contributed by atoms with Crippen molar-refractivity contribution >= 4 is 17.7 Å². The van der Waals surface area contributed by atoms with Crippen molar-refractivity contribution in [1.82, 2.24) is 5.32 Å². The van der Waals surface area contributed by atoms with Gasteiger partial charge in [-0.3, -0.25) is 4.79 Å². The summed E-state index contributed by atoms with van der Waals surface area (Å²) in [5, 5.41) is 3.38. The molecular formula is C13H20N2OS. The van der Waals surface area contributed by atoms with Crippen LogP contribution in [0.15, 0.2) is 29.2 Å². The van der Waals surface area contributed by atoms with Crippen molar-refractivity contribution in [3.63, 3.8) is 0 Å². The average Bonchev–Trinajstić information content (AvgIpc) is 2.28. The van der Waals surface area contributed by atoms with Crippen molar-refractivity contribution in [2.75, 3.05) is 6.54 Å². The highest BCUT2D eigenvalue weighted by Gasteiger charge is 2.08. The number of rotatable bonds is 5. The molecular weight excluding hydrogens is 232 g/mol. The van der Waals surface area contributed by atoms with E-state index in [4.69, 9.17) is 5.73 Å². The quantitative estimate of drug-likeness (QED) is 0.790. The fraction of sp³-hybridized carbons (Fsp3) is 0.462. The number of carbonyl (C=O) groups is 1. The highest BCUT2D eigenvalue weighted by Crippen LogP contribution is 2.22. The van der Waals surface area contributed by atoms with Gasteiger partial charge in [0.05, 0.1) is 0 Å². The summed E-state index contributed by atoms with van der Waals surface area (Å²) in [7, 11) is 0. The molecule has 1 atom stereocenters. The van der Waals surface area contributed by atoms with Crippen molar-refractivity contribution < 1.29 is 4.79 Å². The number of hydrogen-bond acceptors (Lipinski definition) is 3. The first kappa shape index (κ1) is 14.1. The second-order valence-corrected chi connectivity index (χ2v) is 5.95. The Morgan fingerprint density at radius 2 is 1.88 bits per heavy atom. The zero-order valence-electron chi connectivity index (χ0n) is 10.6. The van der Waals surface area contributed by atoms with Gasteiger partial charge in [0, 0.05) is 28.3 Å². The Morgan fingerprint density at radius 3 is 2.35 bits per heavy atom. The number of amides is 1. The Bertz CT molecular complexity index is 362. The van der Waals surface area contributed by atoms with Crippen molar-refractivity contribution in [1.29, 1.82) is 0 Å². The lowest BCUT2D eigenvalue weighted by atomic mass is 10.2. The van der Waals surface area contributed by atoms with E-state index in [0.29, 0.717) is 17.4 Å². The smallest absolute Gasteiger partial charge is 0.251 e. The fourth-order valence-electron chi connectivity index (χ4n) is 1.32. The molecule has 0 unspecified atom stereocenters. The molecule has 0 aliphatic rings. The third kappa shape index (κ3) is 4.79. The topological polar surface area (TPSA) is 55.1 Å². The molecule has 17 heavy (non-hydrogen) atoms. The highest BCUT2D eigenvalue weighted by atomic mass is 32.2. The molecule has 0 aliphatic heterocycles. The van der Waals surface area contributed by atoms with Crippen LogP contribution in [-0.4, -0.2) is 23.7 Å². The van der Waals surface area contributed by atoms with Crippen LogP contribution in [0.25, 0.3) is 0 Å². The van der Waals surface area contributed by atoms with E-state index in [0.717, 1.165) is 0 Å². The van der Waals surface area contributed by atoms with Crippen LogP contribution < -0.4 is 11.1 Å². The minimum absolute atomic E-state index is 0.00668. The molecule has 0 aliphatic carbocycles. The molecule has 4 heteroatoms. The first-order valence-electron chi connectivity index (χ1n) is 5.80. The van der Waals surface area contributed by atoms with Crippen LogP contribution in [0.2, 0.25) is 0 Å². The van der Waals surface area contributed by atoms with Crippen LogP contribution in [-0.2, 0) is 0 Å². The predicted octanol–water partition coefficient (Wildman–Crippen LogP) is 2.26. The molecule has 0 fully saturated rings. The van der Waals surface area contributed by atoms with E-state index in [1.54, 1.807) is 11.8 Å². The maximum atomic E-state index is 11.8. The lowest BCUT2D eigenvalue weighted by molar-refractivity contribution is 0.0941. The van der Waals surface area contributed by atoms with Crippen LogP contribution in [0.5, 0.6) is 0 Å². The van der Waals surface area contributed by atoms with Gasteiger partial charge in [-0.15, -0.1) is 11.8 Å². The van der Waals surface area contributed by atoms with Crippen LogP contribution >= 0.6 is 11.8 Å². The number of nitrogens with two attached hydrogens (primary N) is 1. The molecule has 1 aromatic rings. The lowest BCUT2D eigenvalue weighted by Crippen LogP contribution is -2.37. The van der Waals surface area contributed by atoms with E-state index >= 15 is 0 Å². The van der Waals surface area contributed by atoms with E-state index in [1.165, 1.54) is 4.90 Å². The summed E-state index contributed by atoms with van der Waals surface area (Å²) in [4.78, 5) is 13.0. The monoisotopic (exact) mass is 252 g/mol. The molecule has 0 saturated heterocycles. The molecule has 0 spiro atoms. The lowest BCUT2D eigenvalue weighted by Gasteiger charge is -2.11. The molecule has 3 N–H and O–H groups in total. The summed E-state index contributed by atoms with van der Waals surface area (Å²) in [6, 6.07) is 7.67. The van der Waals surface area contributed by atoms with Crippen LogP contribution in [0, 0.1) is 0 Å². The summed E-state index contributed by atoms with van der Waals surface area (Å²) in [5.41, 5.74) is 6.14. The van der Waals surface area contributed by atoms with E-state index in [2.05, 4.69) is 19.2 Å². The normalized spacial score (nSPS) is 12.5. The van der Waals surface area contributed by atoms with Gasteiger partial charge in [-0.1, -0.05) is 13.8 Å². The van der Waals surface area contributed by atoms with E-state index in [9.17, 15) is 4.79 Å². The second kappa shape index (κ2) is 6.67. The predicted molar refractivity (Wildman–Crippen MR) is 73.4 cm³/mol. The first-order valence-corrected chi connectivity index (χ1v) is 6.68. The van der Waals surface area contributed by atoms with Crippen molar-refractivity contribution in [3.05, 3.63) is 29.8 Å². The first-order chi connectivity index (χ1) is 8.02. The van der Waals surface area contributed by atoms with Crippen LogP contribution in [0.1, 0.15) is 31.1 Å². The maximum absolute atomic E-state index is 11.8. The maximum Gasteiger partial charge on any atom is 0.251 e. The molecule has 94 valence electrons. The van der Waals surface area contributed by atoms with Gasteiger partial charge in [-0.05, 0) is 31.2 Å². The van der Waals surface area contributed by atoms with Crippen molar-refractivity contribution in [2.24, 2.45) is 5.73 Å². The van der Waals surface area contributed by atoms with E-state index < -0.39 is 0 Å². The van der Waals surface area contributed by atoms with Gasteiger partial charge >= 0.3 is 0 Å². The van der Waals surface area contributed by atoms with Gasteiger partial charge in [-0.25, -0.2) is 0 Å². The third-order valence-electron chi connectivity index (χ3n) is 2.22. The summed E-state index contributed by atoms with van der Waals surface area (Å²) >= 11 is 1.79. The summed E-state index contributed by atoms with van der Waals surface area (Å²) in [6.07, 6.45) is 0. The standard InChI is InChI=1S/C13H20N2OS/c1-9(2)17-12-6-4-11(5-7-12)13(16)15-10(3)8-14/h4-7,9-10H,8,14H2,1-3H3,(H,15,16)/t10-/m0/s1. The minimum atomic E-state index is -0.0657. The van der Waals surface area contributed by atoms with Crippen LogP contribution in [0.3, 0.4) is 0 Å². The SMILES string of the molecule is CC(C)Sc1ccc(C(=O)N[C@@H](C)CN)cc1. The molecule has 3 nitrogen and oxygen atoms in total. The van der Waals surface area contributed by atoms with Gasteiger partial charge in [0.2, 0.25) is 0 Å². The third-order valence-corrected chi connectivity index (χ3v) is 3.24. The van der Waals surface area contributed by atoms with Crippen molar-refractivity contribution in [3.8, 4) is 0 Å². The molecule has 0 bridgehead atoms. The Morgan fingerprint density at radius 1 is 1.29 bits per heavy atom. The largest absolute Gasteiger partial charge is 0.348 e. The Balaban J connectivity index is 2.64. The number of thioether (sulfide) groups is 1. The zero-order chi connectivity index (χ0) is 12.8. The number of hydrogen-bond donors (Lipinski definition) is 2. The summed E-state index contributed by atoms with van der Waals surface area (Å²) < 4.78 is 0. The Hall–Kier alpha value is -1.00. The van der Waals surface area contributed by atoms with Gasteiger partial charge in [0.25, 0.3) is 5.91 Å². The summed E-state index contributed by atoms with van der Waals surface area (Å²) in [6.45, 7) is 6.64. The fourth-order valence-corrected chi connectivity index (χ4v) is 2.16. The summed E-state index contributed by atoms with van der Waals surface area (Å²) in [5.74, 6) is -0.0657. The van der Waals surface area contributed by atoms with E-state index in [1.807, 2.05) is 31.2 Å². The average molecular weight is 252 g/mol. The molecule has 0 saturated carbocycles. The molecule has 1 amide bonds. The molecule has 1 rings (SSSR count). The second-order valence-electron chi connectivity index (χ2n) is 4.30. The van der Waals surface area contributed by atoms with Crippen molar-refractivity contribution in [2.45, 2.75) is 37.0 Å². The number of carbonyl (C=O) groups excluding carboxylic acids is 1. The van der Waals surface area contributed by atoms with Crippen LogP contribution in [0.4, 0.5) is 0 Å². The number of benzene rings is 1. The van der Waals surface area contributed by atoms with Gasteiger partial charge in [0.15, 0.2) is 0 Å². The van der Waals surface area contributed by atoms with Gasteiger partial charge in [0.1, 0.15) is 0 Å². The van der Waals surface area contributed by atoms with E-state index in [-0.39, 0.29) is 11.9 Å². The molecule has 0 radical (unpaired) electrons. The zero-order valence-corrected chi connectivity index (χ0v) is 11.4. The van der Waals surface area contributed by atoms with Gasteiger partial charge < -0.3 is 11.1 Å². The van der Waals surface area contributed by atoms with Gasteiger partial charge in [-0.2, -0.15) is 0 Å². The highest BCUT2D eigenvalue weighted by molar-refractivity contribution is 7.99. The number of nitrogens with one attached hydrogen (secondary N) is 1. The molecule has 1 aromatic carbocycles. The Kier molecular flexibility index (Phi) is 5.51. The molecule has 0 heterocycles. The minimum Gasteiger partial charge on any atom is -0.348 e.